The number of nitrogens with zero attached hydrogens (tertiary/aromatic N) is 2. The van der Waals surface area contributed by atoms with E-state index in [1.165, 1.54) is 12.4 Å². The predicted molar refractivity (Wildman–Crippen MR) is 73.8 cm³/mol. The Balaban J connectivity index is 2.36. The normalized spacial score (nSPS) is 11.3. The molecule has 0 aliphatic carbocycles. The zero-order chi connectivity index (χ0) is 14.0. The highest BCUT2D eigenvalue weighted by Gasteiger charge is 2.16. The molecule has 0 amide bonds. The summed E-state index contributed by atoms with van der Waals surface area (Å²) in [5.74, 6) is 0. The summed E-state index contributed by atoms with van der Waals surface area (Å²) in [6.07, 6.45) is 2.34. The van der Waals surface area contributed by atoms with Gasteiger partial charge in [0.25, 0.3) is 10.0 Å². The molecule has 7 heteroatoms. The van der Waals surface area contributed by atoms with Crippen LogP contribution in [0.15, 0.2) is 35.5 Å². The number of hydrogen-bond acceptors (Lipinski definition) is 4. The number of aryl methyl sites for hydroxylation is 1. The number of halogens is 1. The van der Waals surface area contributed by atoms with E-state index in [9.17, 15) is 8.42 Å². The average molecular weight is 298 g/mol. The monoisotopic (exact) mass is 297 g/mol. The maximum atomic E-state index is 12.1. The Kier molecular flexibility index (Phi) is 3.73. The van der Waals surface area contributed by atoms with Crippen molar-refractivity contribution in [2.24, 2.45) is 0 Å². The molecule has 2 rings (SSSR count). The van der Waals surface area contributed by atoms with E-state index in [0.717, 1.165) is 11.1 Å². The summed E-state index contributed by atoms with van der Waals surface area (Å²) in [6.45, 7) is 3.77. The number of sulfonamides is 1. The molecule has 1 N–H and O–H groups in total. The summed E-state index contributed by atoms with van der Waals surface area (Å²) < 4.78 is 26.8. The van der Waals surface area contributed by atoms with Crippen LogP contribution in [0, 0.1) is 13.8 Å². The zero-order valence-corrected chi connectivity index (χ0v) is 12.0. The van der Waals surface area contributed by atoms with Gasteiger partial charge in [0.2, 0.25) is 5.28 Å². The third-order valence-corrected chi connectivity index (χ3v) is 4.27. The number of hydrogen-bond donors (Lipinski definition) is 1. The van der Waals surface area contributed by atoms with Crippen molar-refractivity contribution in [1.82, 2.24) is 9.97 Å². The van der Waals surface area contributed by atoms with Gasteiger partial charge in [-0.2, -0.15) is 0 Å². The lowest BCUT2D eigenvalue weighted by Gasteiger charge is -2.11. The summed E-state index contributed by atoms with van der Waals surface area (Å²) >= 11 is 5.53. The van der Waals surface area contributed by atoms with E-state index < -0.39 is 10.0 Å². The van der Waals surface area contributed by atoms with Crippen molar-refractivity contribution in [3.8, 4) is 0 Å². The SMILES string of the molecule is Cc1cccc(NS(=O)(=O)c2cnc(Cl)nc2)c1C. The lowest BCUT2D eigenvalue weighted by molar-refractivity contribution is 0.600. The molecule has 0 spiro atoms. The smallest absolute Gasteiger partial charge is 0.264 e. The first kappa shape index (κ1) is 13.8. The van der Waals surface area contributed by atoms with E-state index in [4.69, 9.17) is 11.6 Å². The van der Waals surface area contributed by atoms with Gasteiger partial charge in [-0.3, -0.25) is 4.72 Å². The van der Waals surface area contributed by atoms with E-state index in [1.807, 2.05) is 19.9 Å². The van der Waals surface area contributed by atoms with Crippen molar-refractivity contribution < 1.29 is 8.42 Å². The van der Waals surface area contributed by atoms with Gasteiger partial charge in [0, 0.05) is 0 Å². The first-order valence-electron chi connectivity index (χ1n) is 5.47. The van der Waals surface area contributed by atoms with Gasteiger partial charge in [-0.1, -0.05) is 12.1 Å². The van der Waals surface area contributed by atoms with Gasteiger partial charge in [0.1, 0.15) is 4.90 Å². The summed E-state index contributed by atoms with van der Waals surface area (Å²) in [5.41, 5.74) is 2.42. The molecular weight excluding hydrogens is 286 g/mol. The third-order valence-electron chi connectivity index (χ3n) is 2.76. The highest BCUT2D eigenvalue weighted by Crippen LogP contribution is 2.21. The molecule has 2 aromatic rings. The molecule has 5 nitrogen and oxygen atoms in total. The van der Waals surface area contributed by atoms with E-state index in [-0.39, 0.29) is 10.2 Å². The van der Waals surface area contributed by atoms with Crippen LogP contribution < -0.4 is 4.72 Å². The fourth-order valence-electron chi connectivity index (χ4n) is 1.50. The second kappa shape index (κ2) is 5.14. The van der Waals surface area contributed by atoms with Crippen molar-refractivity contribution in [3.63, 3.8) is 0 Å². The molecular formula is C12H12ClN3O2S. The van der Waals surface area contributed by atoms with Gasteiger partial charge in [-0.25, -0.2) is 18.4 Å². The van der Waals surface area contributed by atoms with Crippen molar-refractivity contribution >= 4 is 27.3 Å². The second-order valence-corrected chi connectivity index (χ2v) is 6.06. The lowest BCUT2D eigenvalue weighted by atomic mass is 10.1. The number of rotatable bonds is 3. The minimum Gasteiger partial charge on any atom is -0.279 e. The van der Waals surface area contributed by atoms with Crippen LogP contribution in [0.4, 0.5) is 5.69 Å². The minimum atomic E-state index is -3.70. The minimum absolute atomic E-state index is 0.00526. The molecule has 0 bridgehead atoms. The van der Waals surface area contributed by atoms with E-state index in [0.29, 0.717) is 5.69 Å². The molecule has 0 unspecified atom stereocenters. The summed E-state index contributed by atoms with van der Waals surface area (Å²) in [6, 6.07) is 5.41. The molecule has 0 atom stereocenters. The van der Waals surface area contributed by atoms with Crippen molar-refractivity contribution in [2.75, 3.05) is 4.72 Å². The van der Waals surface area contributed by atoms with Crippen LogP contribution in [0.1, 0.15) is 11.1 Å². The van der Waals surface area contributed by atoms with Crippen LogP contribution in [0.2, 0.25) is 5.28 Å². The van der Waals surface area contributed by atoms with E-state index in [1.54, 1.807) is 12.1 Å². The van der Waals surface area contributed by atoms with Crippen LogP contribution in [0.5, 0.6) is 0 Å². The Morgan fingerprint density at radius 2 is 1.79 bits per heavy atom. The summed E-state index contributed by atoms with van der Waals surface area (Å²) in [4.78, 5) is 7.29. The molecule has 0 fully saturated rings. The highest BCUT2D eigenvalue weighted by atomic mass is 35.5. The van der Waals surface area contributed by atoms with Crippen LogP contribution in [-0.4, -0.2) is 18.4 Å². The second-order valence-electron chi connectivity index (χ2n) is 4.04. The van der Waals surface area contributed by atoms with Crippen LogP contribution in [0.25, 0.3) is 0 Å². The molecule has 0 radical (unpaired) electrons. The largest absolute Gasteiger partial charge is 0.279 e. The first-order chi connectivity index (χ1) is 8.90. The molecule has 100 valence electrons. The van der Waals surface area contributed by atoms with Crippen molar-refractivity contribution in [1.29, 1.82) is 0 Å². The summed E-state index contributed by atoms with van der Waals surface area (Å²) in [5, 5.41) is 0.00526. The molecule has 19 heavy (non-hydrogen) atoms. The number of anilines is 1. The quantitative estimate of drug-likeness (QED) is 0.884. The summed E-state index contributed by atoms with van der Waals surface area (Å²) in [7, 11) is -3.70. The van der Waals surface area contributed by atoms with Crippen LogP contribution in [0.3, 0.4) is 0 Å². The molecule has 0 saturated heterocycles. The molecule has 1 heterocycles. The fourth-order valence-corrected chi connectivity index (χ4v) is 2.61. The molecule has 1 aromatic heterocycles. The number of benzene rings is 1. The fraction of sp³-hybridized carbons (Fsp3) is 0.167. The van der Waals surface area contributed by atoms with Gasteiger partial charge in [-0.15, -0.1) is 0 Å². The van der Waals surface area contributed by atoms with Crippen LogP contribution in [-0.2, 0) is 10.0 Å². The van der Waals surface area contributed by atoms with E-state index >= 15 is 0 Å². The van der Waals surface area contributed by atoms with Crippen molar-refractivity contribution in [2.45, 2.75) is 18.7 Å². The third kappa shape index (κ3) is 3.02. The van der Waals surface area contributed by atoms with E-state index in [2.05, 4.69) is 14.7 Å². The Hall–Kier alpha value is -1.66. The Bertz CT molecular complexity index is 699. The standard InChI is InChI=1S/C12H12ClN3O2S/c1-8-4-3-5-11(9(8)2)16-19(17,18)10-6-14-12(13)15-7-10/h3-7,16H,1-2H3. The highest BCUT2D eigenvalue weighted by molar-refractivity contribution is 7.92. The van der Waals surface area contributed by atoms with Gasteiger partial charge in [-0.05, 0) is 42.6 Å². The Morgan fingerprint density at radius 3 is 2.42 bits per heavy atom. The van der Waals surface area contributed by atoms with Crippen molar-refractivity contribution in [3.05, 3.63) is 47.0 Å². The average Bonchev–Trinajstić information content (AvgIpc) is 2.35. The maximum absolute atomic E-state index is 12.1. The topological polar surface area (TPSA) is 72.0 Å². The molecule has 0 saturated carbocycles. The predicted octanol–water partition coefficient (Wildman–Crippen LogP) is 2.55. The Labute approximate surface area is 116 Å². The molecule has 1 aromatic carbocycles. The van der Waals surface area contributed by atoms with Gasteiger partial charge in [0.05, 0.1) is 18.1 Å². The van der Waals surface area contributed by atoms with Crippen LogP contribution >= 0.6 is 11.6 Å². The Morgan fingerprint density at radius 1 is 1.16 bits per heavy atom. The van der Waals surface area contributed by atoms with Gasteiger partial charge >= 0.3 is 0 Å². The van der Waals surface area contributed by atoms with Gasteiger partial charge in [0.15, 0.2) is 0 Å². The maximum Gasteiger partial charge on any atom is 0.264 e. The molecule has 0 aliphatic heterocycles. The number of nitrogens with one attached hydrogen (secondary N) is 1. The molecule has 0 aliphatic rings. The zero-order valence-electron chi connectivity index (χ0n) is 10.4. The van der Waals surface area contributed by atoms with Gasteiger partial charge < -0.3 is 0 Å². The number of aromatic nitrogens is 2. The first-order valence-corrected chi connectivity index (χ1v) is 7.33. The lowest BCUT2D eigenvalue weighted by Crippen LogP contribution is -2.14.